The molecule has 4 rings (SSSR count). The van der Waals surface area contributed by atoms with E-state index in [1.54, 1.807) is 23.1 Å². The molecule has 7 nitrogen and oxygen atoms in total. The van der Waals surface area contributed by atoms with Crippen LogP contribution in [0.3, 0.4) is 0 Å². The van der Waals surface area contributed by atoms with E-state index >= 15 is 0 Å². The van der Waals surface area contributed by atoms with Crippen LogP contribution >= 0.6 is 12.4 Å². The lowest BCUT2D eigenvalue weighted by atomic mass is 10.1. The number of nitrogens with one attached hydrogen (secondary N) is 2. The minimum absolute atomic E-state index is 0. The number of nitrogens with zero attached hydrogens (tertiary/aromatic N) is 4. The van der Waals surface area contributed by atoms with Crippen molar-refractivity contribution in [2.45, 2.75) is 18.9 Å². The standard InChI is InChI=1S/C18H20N6O.ClH/c25-18(17-8-10-23(22-17)16-7-4-9-19-12-16)21-14-11-20-24(13-14)15-5-2-1-3-6-15;/h1-3,5-6,8,10-11,13,16,19H,4,7,9,12H2,(H,21,25);1H. The van der Waals surface area contributed by atoms with Crippen LogP contribution in [0, 0.1) is 0 Å². The highest BCUT2D eigenvalue weighted by Gasteiger charge is 2.18. The van der Waals surface area contributed by atoms with Gasteiger partial charge in [-0.1, -0.05) is 18.2 Å². The number of amides is 1. The molecule has 2 aromatic heterocycles. The maximum atomic E-state index is 12.4. The number of anilines is 1. The summed E-state index contributed by atoms with van der Waals surface area (Å²) >= 11 is 0. The average molecular weight is 373 g/mol. The fourth-order valence-corrected chi connectivity index (χ4v) is 3.03. The van der Waals surface area contributed by atoms with Crippen LogP contribution < -0.4 is 10.6 Å². The van der Waals surface area contributed by atoms with E-state index in [0.29, 0.717) is 17.4 Å². The van der Waals surface area contributed by atoms with E-state index in [2.05, 4.69) is 20.8 Å². The fraction of sp³-hybridized carbons (Fsp3) is 0.278. The molecule has 0 aliphatic carbocycles. The van der Waals surface area contributed by atoms with E-state index in [1.807, 2.05) is 41.2 Å². The number of hydrogen-bond acceptors (Lipinski definition) is 4. The van der Waals surface area contributed by atoms with Gasteiger partial charge in [-0.25, -0.2) is 4.68 Å². The summed E-state index contributed by atoms with van der Waals surface area (Å²) in [4.78, 5) is 12.4. The number of carbonyl (C=O) groups is 1. The molecular weight excluding hydrogens is 352 g/mol. The van der Waals surface area contributed by atoms with Gasteiger partial charge in [-0.05, 0) is 37.6 Å². The first-order valence-corrected chi connectivity index (χ1v) is 8.47. The monoisotopic (exact) mass is 372 g/mol. The third-order valence-electron chi connectivity index (χ3n) is 4.35. The molecule has 136 valence electrons. The molecule has 3 aromatic rings. The highest BCUT2D eigenvalue weighted by molar-refractivity contribution is 6.02. The van der Waals surface area contributed by atoms with Crippen LogP contribution in [0.1, 0.15) is 29.4 Å². The van der Waals surface area contributed by atoms with E-state index in [-0.39, 0.29) is 18.3 Å². The van der Waals surface area contributed by atoms with Crippen LogP contribution in [0.2, 0.25) is 0 Å². The van der Waals surface area contributed by atoms with Gasteiger partial charge in [0.05, 0.1) is 29.8 Å². The maximum absolute atomic E-state index is 12.4. The molecule has 26 heavy (non-hydrogen) atoms. The predicted octanol–water partition coefficient (Wildman–Crippen LogP) is 2.67. The molecule has 3 heterocycles. The maximum Gasteiger partial charge on any atom is 0.276 e. The first-order chi connectivity index (χ1) is 12.3. The average Bonchev–Trinajstić information content (AvgIpc) is 3.33. The zero-order chi connectivity index (χ0) is 17.1. The molecule has 0 spiro atoms. The van der Waals surface area contributed by atoms with Gasteiger partial charge in [0, 0.05) is 12.7 Å². The summed E-state index contributed by atoms with van der Waals surface area (Å²) in [5.74, 6) is -0.227. The number of carbonyl (C=O) groups excluding carboxylic acids is 1. The van der Waals surface area contributed by atoms with Crippen LogP contribution in [-0.4, -0.2) is 38.6 Å². The molecule has 8 heteroatoms. The van der Waals surface area contributed by atoms with Crippen molar-refractivity contribution >= 4 is 24.0 Å². The SMILES string of the molecule is Cl.O=C(Nc1cnn(-c2ccccc2)c1)c1ccn(C2CCCNC2)n1. The van der Waals surface area contributed by atoms with Gasteiger partial charge in [0.1, 0.15) is 0 Å². The minimum atomic E-state index is -0.227. The Labute approximate surface area is 157 Å². The molecule has 2 N–H and O–H groups in total. The highest BCUT2D eigenvalue weighted by Crippen LogP contribution is 2.17. The first kappa shape index (κ1) is 18.2. The lowest BCUT2D eigenvalue weighted by Gasteiger charge is -2.22. The van der Waals surface area contributed by atoms with Crippen molar-refractivity contribution < 1.29 is 4.79 Å². The molecule has 1 aromatic carbocycles. The molecule has 1 saturated heterocycles. The van der Waals surface area contributed by atoms with Gasteiger partial charge in [0.15, 0.2) is 5.69 Å². The molecule has 1 aliphatic rings. The molecule has 1 fully saturated rings. The van der Waals surface area contributed by atoms with Crippen molar-refractivity contribution in [1.29, 1.82) is 0 Å². The van der Waals surface area contributed by atoms with E-state index in [1.165, 1.54) is 0 Å². The molecule has 1 unspecified atom stereocenters. The third kappa shape index (κ3) is 3.95. The molecular formula is C18H21ClN6O. The number of aromatic nitrogens is 4. The van der Waals surface area contributed by atoms with Crippen molar-refractivity contribution in [3.8, 4) is 5.69 Å². The van der Waals surface area contributed by atoms with Crippen molar-refractivity contribution in [3.05, 3.63) is 60.7 Å². The van der Waals surface area contributed by atoms with Gasteiger partial charge in [-0.3, -0.25) is 9.48 Å². The molecule has 0 bridgehead atoms. The van der Waals surface area contributed by atoms with Crippen molar-refractivity contribution in [1.82, 2.24) is 24.9 Å². The first-order valence-electron chi connectivity index (χ1n) is 8.47. The predicted molar refractivity (Wildman–Crippen MR) is 102 cm³/mol. The quantitative estimate of drug-likeness (QED) is 0.738. The second kappa shape index (κ2) is 8.16. The van der Waals surface area contributed by atoms with Crippen molar-refractivity contribution in [2.75, 3.05) is 18.4 Å². The Kier molecular flexibility index (Phi) is 5.70. The second-order valence-electron chi connectivity index (χ2n) is 6.14. The number of piperidine rings is 1. The van der Waals surface area contributed by atoms with Crippen LogP contribution in [0.5, 0.6) is 0 Å². The largest absolute Gasteiger partial charge is 0.318 e. The summed E-state index contributed by atoms with van der Waals surface area (Å²) in [7, 11) is 0. The summed E-state index contributed by atoms with van der Waals surface area (Å²) in [5.41, 5.74) is 2.00. The Morgan fingerprint density at radius 1 is 1.23 bits per heavy atom. The van der Waals surface area contributed by atoms with Crippen LogP contribution in [0.15, 0.2) is 55.0 Å². The van der Waals surface area contributed by atoms with Gasteiger partial charge in [-0.2, -0.15) is 10.2 Å². The van der Waals surface area contributed by atoms with Gasteiger partial charge < -0.3 is 10.6 Å². The topological polar surface area (TPSA) is 76.8 Å². The number of para-hydroxylation sites is 1. The third-order valence-corrected chi connectivity index (χ3v) is 4.35. The number of halogens is 1. The van der Waals surface area contributed by atoms with Gasteiger partial charge >= 0.3 is 0 Å². The van der Waals surface area contributed by atoms with Crippen molar-refractivity contribution in [3.63, 3.8) is 0 Å². The second-order valence-corrected chi connectivity index (χ2v) is 6.14. The van der Waals surface area contributed by atoms with E-state index in [4.69, 9.17) is 0 Å². The number of benzene rings is 1. The Hall–Kier alpha value is -2.64. The van der Waals surface area contributed by atoms with E-state index in [9.17, 15) is 4.79 Å². The summed E-state index contributed by atoms with van der Waals surface area (Å²) in [6.45, 7) is 1.95. The molecule has 1 amide bonds. The Bertz CT molecular complexity index is 853. The molecule has 1 atom stereocenters. The van der Waals surface area contributed by atoms with Crippen molar-refractivity contribution in [2.24, 2.45) is 0 Å². The number of rotatable bonds is 4. The van der Waals surface area contributed by atoms with Crippen LogP contribution in [-0.2, 0) is 0 Å². The Morgan fingerprint density at radius 2 is 2.08 bits per heavy atom. The van der Waals surface area contributed by atoms with Crippen LogP contribution in [0.25, 0.3) is 5.69 Å². The minimum Gasteiger partial charge on any atom is -0.318 e. The Morgan fingerprint density at radius 3 is 2.85 bits per heavy atom. The van der Waals surface area contributed by atoms with Gasteiger partial charge in [0.2, 0.25) is 0 Å². The van der Waals surface area contributed by atoms with Gasteiger partial charge in [-0.15, -0.1) is 12.4 Å². The fourth-order valence-electron chi connectivity index (χ4n) is 3.03. The molecule has 0 radical (unpaired) electrons. The normalized spacial score (nSPS) is 16.7. The Balaban J connectivity index is 0.00000196. The van der Waals surface area contributed by atoms with Crippen LogP contribution in [0.4, 0.5) is 5.69 Å². The summed E-state index contributed by atoms with van der Waals surface area (Å²) in [6.07, 6.45) is 7.51. The lowest BCUT2D eigenvalue weighted by molar-refractivity contribution is 0.102. The molecule has 1 aliphatic heterocycles. The number of hydrogen-bond donors (Lipinski definition) is 2. The molecule has 0 saturated carbocycles. The van der Waals surface area contributed by atoms with E-state index in [0.717, 1.165) is 31.6 Å². The summed E-state index contributed by atoms with van der Waals surface area (Å²) in [5, 5.41) is 14.9. The van der Waals surface area contributed by atoms with E-state index < -0.39 is 0 Å². The van der Waals surface area contributed by atoms with Gasteiger partial charge in [0.25, 0.3) is 5.91 Å². The lowest BCUT2D eigenvalue weighted by Crippen LogP contribution is -2.32. The smallest absolute Gasteiger partial charge is 0.276 e. The highest BCUT2D eigenvalue weighted by atomic mass is 35.5. The zero-order valence-electron chi connectivity index (χ0n) is 14.2. The summed E-state index contributed by atoms with van der Waals surface area (Å²) < 4.78 is 3.61. The zero-order valence-corrected chi connectivity index (χ0v) is 15.0. The summed E-state index contributed by atoms with van der Waals surface area (Å²) in [6, 6.07) is 11.8.